The number of hydrogen-bond acceptors (Lipinski definition) is 4. The Balaban J connectivity index is 1.56. The lowest BCUT2D eigenvalue weighted by Crippen LogP contribution is -2.21. The first-order chi connectivity index (χ1) is 14.5. The second-order valence-electron chi connectivity index (χ2n) is 7.27. The zero-order valence-corrected chi connectivity index (χ0v) is 17.1. The van der Waals surface area contributed by atoms with Gasteiger partial charge >= 0.3 is 5.97 Å². The third-order valence-electron chi connectivity index (χ3n) is 4.29. The summed E-state index contributed by atoms with van der Waals surface area (Å²) in [4.78, 5) is 24.6. The normalized spacial score (nSPS) is 10.5. The van der Waals surface area contributed by atoms with Gasteiger partial charge in [0.1, 0.15) is 5.75 Å². The Morgan fingerprint density at radius 2 is 1.53 bits per heavy atom. The molecule has 0 aromatic heterocycles. The number of rotatable bonds is 8. The maximum absolute atomic E-state index is 12.3. The van der Waals surface area contributed by atoms with Crippen LogP contribution < -0.4 is 10.1 Å². The summed E-state index contributed by atoms with van der Waals surface area (Å²) >= 11 is 0. The molecule has 154 valence electrons. The summed E-state index contributed by atoms with van der Waals surface area (Å²) in [5.74, 6) is 0.149. The molecule has 0 aliphatic heterocycles. The highest BCUT2D eigenvalue weighted by Gasteiger charge is 2.12. The topological polar surface area (TPSA) is 64.6 Å². The van der Waals surface area contributed by atoms with Gasteiger partial charge in [-0.1, -0.05) is 62.4 Å². The predicted octanol–water partition coefficient (Wildman–Crippen LogP) is 5.18. The van der Waals surface area contributed by atoms with Crippen molar-refractivity contribution in [2.45, 2.75) is 13.8 Å². The summed E-state index contributed by atoms with van der Waals surface area (Å²) in [7, 11) is 0. The molecule has 3 aromatic rings. The average molecular weight is 403 g/mol. The molecular formula is C25H25NO4. The lowest BCUT2D eigenvalue weighted by Gasteiger charge is -2.12. The fraction of sp³-hybridized carbons (Fsp3) is 0.200. The molecule has 0 radical (unpaired) electrons. The average Bonchev–Trinajstić information content (AvgIpc) is 2.77. The molecule has 1 amide bonds. The van der Waals surface area contributed by atoms with Gasteiger partial charge in [0.25, 0.3) is 5.91 Å². The second-order valence-corrected chi connectivity index (χ2v) is 7.27. The van der Waals surface area contributed by atoms with Crippen LogP contribution >= 0.6 is 0 Å². The van der Waals surface area contributed by atoms with Crippen LogP contribution in [0.3, 0.4) is 0 Å². The summed E-state index contributed by atoms with van der Waals surface area (Å²) in [5.41, 5.74) is 2.92. The summed E-state index contributed by atoms with van der Waals surface area (Å²) in [6.07, 6.45) is 0. The van der Waals surface area contributed by atoms with Crippen LogP contribution in [0.25, 0.3) is 11.1 Å². The minimum Gasteiger partial charge on any atom is -0.493 e. The van der Waals surface area contributed by atoms with Gasteiger partial charge in [-0.2, -0.15) is 0 Å². The molecule has 0 fully saturated rings. The molecule has 0 unspecified atom stereocenters. The molecule has 30 heavy (non-hydrogen) atoms. The lowest BCUT2D eigenvalue weighted by atomic mass is 10.0. The maximum atomic E-state index is 12.3. The Morgan fingerprint density at radius 1 is 0.867 bits per heavy atom. The largest absolute Gasteiger partial charge is 0.493 e. The quantitative estimate of drug-likeness (QED) is 0.526. The standard InChI is InChI=1S/C25H25NO4/c1-18(2)16-29-21-14-12-20(13-15-21)25(28)30-17-24(27)26-23-11-7-6-10-22(23)19-8-4-3-5-9-19/h3-15,18H,16-17H2,1-2H3,(H,26,27). The van der Waals surface area contributed by atoms with E-state index in [2.05, 4.69) is 19.2 Å². The van der Waals surface area contributed by atoms with Crippen LogP contribution in [-0.2, 0) is 9.53 Å². The Labute approximate surface area is 176 Å². The molecular weight excluding hydrogens is 378 g/mol. The first kappa shape index (κ1) is 21.1. The van der Waals surface area contributed by atoms with Gasteiger partial charge in [0, 0.05) is 11.3 Å². The van der Waals surface area contributed by atoms with Crippen LogP contribution in [0.15, 0.2) is 78.9 Å². The highest BCUT2D eigenvalue weighted by Crippen LogP contribution is 2.27. The molecule has 0 saturated carbocycles. The van der Waals surface area contributed by atoms with E-state index < -0.39 is 11.9 Å². The van der Waals surface area contributed by atoms with Gasteiger partial charge in [-0.15, -0.1) is 0 Å². The molecule has 0 spiro atoms. The van der Waals surface area contributed by atoms with Crippen molar-refractivity contribution in [2.24, 2.45) is 5.92 Å². The molecule has 3 aromatic carbocycles. The van der Waals surface area contributed by atoms with Crippen molar-refractivity contribution in [1.29, 1.82) is 0 Å². The minimum absolute atomic E-state index is 0.365. The van der Waals surface area contributed by atoms with Crippen LogP contribution in [0, 0.1) is 5.92 Å². The molecule has 0 aliphatic rings. The molecule has 0 heterocycles. The number of ether oxygens (including phenoxy) is 2. The van der Waals surface area contributed by atoms with Crippen LogP contribution in [-0.4, -0.2) is 25.1 Å². The summed E-state index contributed by atoms with van der Waals surface area (Å²) in [5, 5.41) is 2.82. The molecule has 0 bridgehead atoms. The van der Waals surface area contributed by atoms with E-state index >= 15 is 0 Å². The van der Waals surface area contributed by atoms with Gasteiger partial charge in [-0.3, -0.25) is 4.79 Å². The third-order valence-corrected chi connectivity index (χ3v) is 4.29. The first-order valence-corrected chi connectivity index (χ1v) is 9.87. The van der Waals surface area contributed by atoms with Gasteiger partial charge in [-0.05, 0) is 41.8 Å². The van der Waals surface area contributed by atoms with E-state index in [4.69, 9.17) is 9.47 Å². The van der Waals surface area contributed by atoms with Crippen molar-refractivity contribution in [3.05, 3.63) is 84.4 Å². The monoisotopic (exact) mass is 403 g/mol. The Morgan fingerprint density at radius 3 is 2.23 bits per heavy atom. The molecule has 0 atom stereocenters. The first-order valence-electron chi connectivity index (χ1n) is 9.87. The van der Waals surface area contributed by atoms with Crippen molar-refractivity contribution in [2.75, 3.05) is 18.5 Å². The fourth-order valence-electron chi connectivity index (χ4n) is 2.81. The van der Waals surface area contributed by atoms with Crippen LogP contribution in [0.2, 0.25) is 0 Å². The van der Waals surface area contributed by atoms with Crippen molar-refractivity contribution >= 4 is 17.6 Å². The zero-order valence-electron chi connectivity index (χ0n) is 17.1. The van der Waals surface area contributed by atoms with Crippen molar-refractivity contribution in [3.63, 3.8) is 0 Å². The number of hydrogen-bond donors (Lipinski definition) is 1. The van der Waals surface area contributed by atoms with E-state index in [0.29, 0.717) is 29.5 Å². The van der Waals surface area contributed by atoms with E-state index in [9.17, 15) is 9.59 Å². The molecule has 3 rings (SSSR count). The van der Waals surface area contributed by atoms with Gasteiger partial charge in [0.2, 0.25) is 0 Å². The Hall–Kier alpha value is -3.60. The Bertz CT molecular complexity index is 982. The number of nitrogens with one attached hydrogen (secondary N) is 1. The van der Waals surface area contributed by atoms with Gasteiger partial charge < -0.3 is 14.8 Å². The molecule has 5 heteroatoms. The number of amides is 1. The van der Waals surface area contributed by atoms with E-state index in [1.807, 2.05) is 54.6 Å². The van der Waals surface area contributed by atoms with Crippen molar-refractivity contribution in [3.8, 4) is 16.9 Å². The summed E-state index contributed by atoms with van der Waals surface area (Å²) < 4.78 is 10.8. The van der Waals surface area contributed by atoms with E-state index in [0.717, 1.165) is 11.1 Å². The number of carbonyl (C=O) groups is 2. The number of anilines is 1. The minimum atomic E-state index is -0.558. The van der Waals surface area contributed by atoms with Crippen molar-refractivity contribution in [1.82, 2.24) is 0 Å². The second kappa shape index (κ2) is 10.3. The van der Waals surface area contributed by atoms with Crippen LogP contribution in [0.1, 0.15) is 24.2 Å². The predicted molar refractivity (Wildman–Crippen MR) is 118 cm³/mol. The molecule has 0 aliphatic carbocycles. The van der Waals surface area contributed by atoms with Gasteiger partial charge in [0.15, 0.2) is 6.61 Å². The van der Waals surface area contributed by atoms with Gasteiger partial charge in [-0.25, -0.2) is 4.79 Å². The highest BCUT2D eigenvalue weighted by molar-refractivity contribution is 5.98. The fourth-order valence-corrected chi connectivity index (χ4v) is 2.81. The number of carbonyl (C=O) groups excluding carboxylic acids is 2. The van der Waals surface area contributed by atoms with Crippen LogP contribution in [0.5, 0.6) is 5.75 Å². The number of esters is 1. The van der Waals surface area contributed by atoms with E-state index in [1.54, 1.807) is 24.3 Å². The maximum Gasteiger partial charge on any atom is 0.338 e. The molecule has 5 nitrogen and oxygen atoms in total. The highest BCUT2D eigenvalue weighted by atomic mass is 16.5. The molecule has 1 N–H and O–H groups in total. The van der Waals surface area contributed by atoms with Gasteiger partial charge in [0.05, 0.1) is 12.2 Å². The number of para-hydroxylation sites is 1. The summed E-state index contributed by atoms with van der Waals surface area (Å²) in [6.45, 7) is 4.37. The molecule has 0 saturated heterocycles. The number of benzene rings is 3. The summed E-state index contributed by atoms with van der Waals surface area (Å²) in [6, 6.07) is 23.9. The smallest absolute Gasteiger partial charge is 0.338 e. The Kier molecular flexibility index (Phi) is 7.22. The zero-order chi connectivity index (χ0) is 21.3. The van der Waals surface area contributed by atoms with E-state index in [1.165, 1.54) is 0 Å². The third kappa shape index (κ3) is 5.95. The van der Waals surface area contributed by atoms with E-state index in [-0.39, 0.29) is 6.61 Å². The SMILES string of the molecule is CC(C)COc1ccc(C(=O)OCC(=O)Nc2ccccc2-c2ccccc2)cc1. The van der Waals surface area contributed by atoms with Crippen molar-refractivity contribution < 1.29 is 19.1 Å². The van der Waals surface area contributed by atoms with Crippen LogP contribution in [0.4, 0.5) is 5.69 Å². The lowest BCUT2D eigenvalue weighted by molar-refractivity contribution is -0.119.